The fourth-order valence-electron chi connectivity index (χ4n) is 2.27. The summed E-state index contributed by atoms with van der Waals surface area (Å²) in [6, 6.07) is 3.21. The highest BCUT2D eigenvalue weighted by molar-refractivity contribution is 7.99. The van der Waals surface area contributed by atoms with Gasteiger partial charge in [0, 0.05) is 36.7 Å². The summed E-state index contributed by atoms with van der Waals surface area (Å²) in [5.41, 5.74) is 0.809. The fourth-order valence-corrected chi connectivity index (χ4v) is 3.25. The number of nitrogens with zero attached hydrogens (tertiary/aromatic N) is 2. The van der Waals surface area contributed by atoms with Crippen LogP contribution in [0.3, 0.4) is 0 Å². The molecule has 2 heterocycles. The van der Waals surface area contributed by atoms with Crippen molar-refractivity contribution in [1.82, 2.24) is 4.90 Å². The zero-order chi connectivity index (χ0) is 13.2. The molecular formula is C12H14N2O4S. The lowest BCUT2D eigenvalue weighted by molar-refractivity contribution is -0.385. The third-order valence-corrected chi connectivity index (χ3v) is 4.21. The molecule has 3 rings (SSSR count). The topological polar surface area (TPSA) is 64.8 Å². The van der Waals surface area contributed by atoms with Crippen molar-refractivity contribution in [3.05, 3.63) is 27.8 Å². The van der Waals surface area contributed by atoms with Gasteiger partial charge in [-0.2, -0.15) is 11.8 Å². The first-order chi connectivity index (χ1) is 9.24. The van der Waals surface area contributed by atoms with Crippen LogP contribution in [-0.2, 0) is 6.54 Å². The molecule has 0 saturated carbocycles. The minimum Gasteiger partial charge on any atom is -0.454 e. The number of hydrogen-bond donors (Lipinski definition) is 0. The summed E-state index contributed by atoms with van der Waals surface area (Å²) in [6.07, 6.45) is 0. The summed E-state index contributed by atoms with van der Waals surface area (Å²) in [5.74, 6) is 3.23. The minimum absolute atomic E-state index is 0.113. The van der Waals surface area contributed by atoms with Gasteiger partial charge in [0.2, 0.25) is 6.79 Å². The first-order valence-electron chi connectivity index (χ1n) is 6.11. The van der Waals surface area contributed by atoms with Crippen LogP contribution < -0.4 is 9.47 Å². The summed E-state index contributed by atoms with van der Waals surface area (Å²) < 4.78 is 10.5. The fraction of sp³-hybridized carbons (Fsp3) is 0.500. The summed E-state index contributed by atoms with van der Waals surface area (Å²) in [4.78, 5) is 13.0. The molecule has 0 atom stereocenters. The standard InChI is InChI=1S/C12H14N2O4S/c15-14(16)10-6-12-11(17-8-18-12)5-9(10)7-13-1-3-19-4-2-13/h5-6H,1-4,7-8H2. The molecule has 19 heavy (non-hydrogen) atoms. The second-order valence-corrected chi connectivity index (χ2v) is 5.70. The van der Waals surface area contributed by atoms with E-state index in [1.165, 1.54) is 6.07 Å². The van der Waals surface area contributed by atoms with Gasteiger partial charge in [0.15, 0.2) is 11.5 Å². The number of nitro groups is 1. The quantitative estimate of drug-likeness (QED) is 0.623. The highest BCUT2D eigenvalue weighted by Gasteiger charge is 2.24. The first-order valence-corrected chi connectivity index (χ1v) is 7.26. The van der Waals surface area contributed by atoms with Crippen LogP contribution >= 0.6 is 11.8 Å². The van der Waals surface area contributed by atoms with Crippen LogP contribution in [0.2, 0.25) is 0 Å². The summed E-state index contributed by atoms with van der Waals surface area (Å²) >= 11 is 1.92. The van der Waals surface area contributed by atoms with E-state index in [1.54, 1.807) is 6.07 Å². The molecule has 1 aromatic carbocycles. The maximum atomic E-state index is 11.1. The Morgan fingerprint density at radius 3 is 2.63 bits per heavy atom. The number of benzene rings is 1. The Balaban J connectivity index is 1.87. The van der Waals surface area contributed by atoms with Crippen molar-refractivity contribution in [2.75, 3.05) is 31.4 Å². The molecule has 2 aliphatic heterocycles. The van der Waals surface area contributed by atoms with Gasteiger partial charge in [0.1, 0.15) is 0 Å². The van der Waals surface area contributed by atoms with Crippen LogP contribution in [0.4, 0.5) is 5.69 Å². The van der Waals surface area contributed by atoms with E-state index in [0.717, 1.165) is 24.6 Å². The highest BCUT2D eigenvalue weighted by Crippen LogP contribution is 2.38. The highest BCUT2D eigenvalue weighted by atomic mass is 32.2. The maximum absolute atomic E-state index is 11.1. The van der Waals surface area contributed by atoms with E-state index in [1.807, 2.05) is 11.8 Å². The second-order valence-electron chi connectivity index (χ2n) is 4.48. The molecule has 0 aromatic heterocycles. The number of nitro benzene ring substituents is 1. The van der Waals surface area contributed by atoms with Gasteiger partial charge in [0.25, 0.3) is 5.69 Å². The monoisotopic (exact) mass is 282 g/mol. The van der Waals surface area contributed by atoms with Crippen LogP contribution in [0.25, 0.3) is 0 Å². The van der Waals surface area contributed by atoms with Crippen LogP contribution in [0.1, 0.15) is 5.56 Å². The van der Waals surface area contributed by atoms with Crippen molar-refractivity contribution in [1.29, 1.82) is 0 Å². The van der Waals surface area contributed by atoms with Gasteiger partial charge in [-0.1, -0.05) is 0 Å². The van der Waals surface area contributed by atoms with Gasteiger partial charge >= 0.3 is 0 Å². The van der Waals surface area contributed by atoms with E-state index in [4.69, 9.17) is 9.47 Å². The van der Waals surface area contributed by atoms with Gasteiger partial charge < -0.3 is 9.47 Å². The molecule has 0 unspecified atom stereocenters. The molecule has 102 valence electrons. The van der Waals surface area contributed by atoms with Crippen LogP contribution in [0.5, 0.6) is 11.5 Å². The minimum atomic E-state index is -0.351. The molecule has 2 aliphatic rings. The molecule has 7 heteroatoms. The molecule has 1 aromatic rings. The van der Waals surface area contributed by atoms with Gasteiger partial charge in [-0.25, -0.2) is 0 Å². The first kappa shape index (κ1) is 12.6. The lowest BCUT2D eigenvalue weighted by Crippen LogP contribution is -2.32. The summed E-state index contributed by atoms with van der Waals surface area (Å²) in [7, 11) is 0. The largest absolute Gasteiger partial charge is 0.454 e. The number of hydrogen-bond acceptors (Lipinski definition) is 6. The van der Waals surface area contributed by atoms with Crippen molar-refractivity contribution in [3.63, 3.8) is 0 Å². The Morgan fingerprint density at radius 1 is 1.26 bits per heavy atom. The van der Waals surface area contributed by atoms with Gasteiger partial charge in [-0.15, -0.1) is 0 Å². The van der Waals surface area contributed by atoms with E-state index in [-0.39, 0.29) is 17.4 Å². The molecule has 0 bridgehead atoms. The van der Waals surface area contributed by atoms with Crippen LogP contribution in [-0.4, -0.2) is 41.2 Å². The smallest absolute Gasteiger partial charge is 0.277 e. The molecule has 1 saturated heterocycles. The number of fused-ring (bicyclic) bond motifs is 1. The Labute approximate surface area is 114 Å². The number of ether oxygens (including phenoxy) is 2. The van der Waals surface area contributed by atoms with Crippen molar-refractivity contribution in [2.45, 2.75) is 6.54 Å². The Kier molecular flexibility index (Phi) is 3.48. The van der Waals surface area contributed by atoms with E-state index in [2.05, 4.69) is 4.90 Å². The molecule has 1 fully saturated rings. The molecule has 0 radical (unpaired) electrons. The van der Waals surface area contributed by atoms with Crippen molar-refractivity contribution < 1.29 is 14.4 Å². The Morgan fingerprint density at radius 2 is 1.95 bits per heavy atom. The van der Waals surface area contributed by atoms with Crippen LogP contribution in [0.15, 0.2) is 12.1 Å². The maximum Gasteiger partial charge on any atom is 0.277 e. The van der Waals surface area contributed by atoms with Crippen molar-refractivity contribution in [2.24, 2.45) is 0 Å². The van der Waals surface area contributed by atoms with E-state index in [9.17, 15) is 10.1 Å². The zero-order valence-electron chi connectivity index (χ0n) is 10.3. The SMILES string of the molecule is O=[N+]([O-])c1cc2c(cc1CN1CCSCC1)OCO2. The third kappa shape index (κ3) is 2.62. The third-order valence-electron chi connectivity index (χ3n) is 3.27. The molecule has 0 N–H and O–H groups in total. The Hall–Kier alpha value is -1.47. The van der Waals surface area contributed by atoms with Gasteiger partial charge in [0.05, 0.1) is 11.0 Å². The molecular weight excluding hydrogens is 268 g/mol. The van der Waals surface area contributed by atoms with E-state index >= 15 is 0 Å². The lowest BCUT2D eigenvalue weighted by Gasteiger charge is -2.25. The van der Waals surface area contributed by atoms with Gasteiger partial charge in [-0.05, 0) is 6.07 Å². The van der Waals surface area contributed by atoms with Crippen molar-refractivity contribution in [3.8, 4) is 11.5 Å². The van der Waals surface area contributed by atoms with Gasteiger partial charge in [-0.3, -0.25) is 15.0 Å². The zero-order valence-corrected chi connectivity index (χ0v) is 11.1. The second kappa shape index (κ2) is 5.26. The average Bonchev–Trinajstić information content (AvgIpc) is 2.86. The van der Waals surface area contributed by atoms with E-state index in [0.29, 0.717) is 23.6 Å². The number of thioether (sulfide) groups is 1. The molecule has 6 nitrogen and oxygen atoms in total. The van der Waals surface area contributed by atoms with Crippen molar-refractivity contribution >= 4 is 17.4 Å². The van der Waals surface area contributed by atoms with Crippen LogP contribution in [0, 0.1) is 10.1 Å². The molecule has 0 spiro atoms. The summed E-state index contributed by atoms with van der Waals surface area (Å²) in [5, 5.41) is 11.1. The van der Waals surface area contributed by atoms with E-state index < -0.39 is 0 Å². The normalized spacial score (nSPS) is 18.5. The lowest BCUT2D eigenvalue weighted by atomic mass is 10.1. The summed E-state index contributed by atoms with van der Waals surface area (Å²) in [6.45, 7) is 2.66. The predicted molar refractivity (Wildman–Crippen MR) is 71.8 cm³/mol. The predicted octanol–water partition coefficient (Wildman–Crippen LogP) is 1.87. The molecule has 0 aliphatic carbocycles. The number of rotatable bonds is 3. The molecule has 0 amide bonds. The average molecular weight is 282 g/mol. The Bertz CT molecular complexity index is 503.